The zero-order chi connectivity index (χ0) is 20.3. The third-order valence-electron chi connectivity index (χ3n) is 4.02. The zero-order valence-electron chi connectivity index (χ0n) is 15.6. The van der Waals surface area contributed by atoms with Crippen LogP contribution in [-0.4, -0.2) is 40.2 Å². The predicted octanol–water partition coefficient (Wildman–Crippen LogP) is 3.07. The van der Waals surface area contributed by atoms with Crippen molar-refractivity contribution < 1.29 is 23.5 Å². The Kier molecular flexibility index (Phi) is 5.49. The van der Waals surface area contributed by atoms with E-state index in [0.717, 1.165) is 17.5 Å². The summed E-state index contributed by atoms with van der Waals surface area (Å²) >= 11 is 0. The van der Waals surface area contributed by atoms with Crippen LogP contribution in [0.25, 0.3) is 5.82 Å². The quantitative estimate of drug-likeness (QED) is 0.481. The van der Waals surface area contributed by atoms with Crippen LogP contribution < -0.4 is 4.74 Å². The Morgan fingerprint density at radius 3 is 2.43 bits per heavy atom. The second-order valence-electron chi connectivity index (χ2n) is 6.09. The molecule has 144 valence electrons. The maximum atomic E-state index is 13.7. The van der Waals surface area contributed by atoms with Gasteiger partial charge in [0, 0.05) is 17.5 Å². The molecule has 0 atom stereocenters. The molecule has 3 aromatic rings. The summed E-state index contributed by atoms with van der Waals surface area (Å²) in [5.74, 6) is -1.30. The van der Waals surface area contributed by atoms with Gasteiger partial charge in [-0.1, -0.05) is 0 Å². The summed E-state index contributed by atoms with van der Waals surface area (Å²) in [5.41, 5.74) is 2.05. The average molecular weight is 383 g/mol. The van der Waals surface area contributed by atoms with Crippen LogP contribution in [0.3, 0.4) is 0 Å². The van der Waals surface area contributed by atoms with Crippen LogP contribution in [0.2, 0.25) is 0 Å². The zero-order valence-corrected chi connectivity index (χ0v) is 15.6. The van der Waals surface area contributed by atoms with E-state index >= 15 is 0 Å². The first-order chi connectivity index (χ1) is 13.4. The summed E-state index contributed by atoms with van der Waals surface area (Å²) in [6.45, 7) is 3.27. The predicted molar refractivity (Wildman–Crippen MR) is 98.4 cm³/mol. The summed E-state index contributed by atoms with van der Waals surface area (Å²) in [6.07, 6.45) is 1.35. The third kappa shape index (κ3) is 4.06. The van der Waals surface area contributed by atoms with E-state index in [-0.39, 0.29) is 16.9 Å². The summed E-state index contributed by atoms with van der Waals surface area (Å²) in [4.78, 5) is 28.4. The van der Waals surface area contributed by atoms with E-state index in [0.29, 0.717) is 5.82 Å². The van der Waals surface area contributed by atoms with Gasteiger partial charge < -0.3 is 9.47 Å². The van der Waals surface area contributed by atoms with E-state index in [1.807, 2.05) is 19.9 Å². The number of nitrogens with zero attached hydrogens (tertiary/aromatic N) is 3. The van der Waals surface area contributed by atoms with Crippen molar-refractivity contribution >= 4 is 11.8 Å². The highest BCUT2D eigenvalue weighted by atomic mass is 19.1. The van der Waals surface area contributed by atoms with Crippen molar-refractivity contribution in [1.82, 2.24) is 14.8 Å². The highest BCUT2D eigenvalue weighted by molar-refractivity contribution is 5.99. The van der Waals surface area contributed by atoms with E-state index in [1.54, 1.807) is 16.8 Å². The summed E-state index contributed by atoms with van der Waals surface area (Å²) < 4.78 is 25.2. The molecular formula is C20H18FN3O4. The minimum atomic E-state index is -0.699. The van der Waals surface area contributed by atoms with Crippen molar-refractivity contribution in [3.05, 3.63) is 70.9 Å². The van der Waals surface area contributed by atoms with Crippen LogP contribution in [-0.2, 0) is 4.74 Å². The van der Waals surface area contributed by atoms with Crippen LogP contribution in [0.4, 0.5) is 4.39 Å². The Balaban J connectivity index is 1.64. The standard InChI is InChI=1S/C20H18FN3O4/c1-12-8-13(2)24(23-12)19-7-5-15(10-22-19)20(26)28-11-17(25)14-4-6-18(27-3)16(21)9-14/h4-10H,11H2,1-3H3. The molecule has 0 aliphatic rings. The van der Waals surface area contributed by atoms with Gasteiger partial charge in [-0.25, -0.2) is 18.9 Å². The molecule has 0 N–H and O–H groups in total. The lowest BCUT2D eigenvalue weighted by atomic mass is 10.1. The lowest BCUT2D eigenvalue weighted by molar-refractivity contribution is 0.0474. The number of rotatable bonds is 6. The molecule has 7 nitrogen and oxygen atoms in total. The molecule has 0 radical (unpaired) electrons. The number of ether oxygens (including phenoxy) is 2. The topological polar surface area (TPSA) is 83.3 Å². The van der Waals surface area contributed by atoms with Crippen molar-refractivity contribution in [3.8, 4) is 11.6 Å². The number of Topliss-reactive ketones (excluding diaryl/α,β-unsaturated/α-hetero) is 1. The molecule has 0 aliphatic carbocycles. The van der Waals surface area contributed by atoms with Gasteiger partial charge in [0.25, 0.3) is 0 Å². The summed E-state index contributed by atoms with van der Waals surface area (Å²) in [6, 6.07) is 8.88. The van der Waals surface area contributed by atoms with Crippen molar-refractivity contribution in [2.75, 3.05) is 13.7 Å². The van der Waals surface area contributed by atoms with Gasteiger partial charge in [0.2, 0.25) is 0 Å². The van der Waals surface area contributed by atoms with Gasteiger partial charge in [0.15, 0.2) is 29.8 Å². The Morgan fingerprint density at radius 1 is 1.11 bits per heavy atom. The molecule has 0 unspecified atom stereocenters. The molecule has 0 saturated carbocycles. The molecular weight excluding hydrogens is 365 g/mol. The van der Waals surface area contributed by atoms with Gasteiger partial charge >= 0.3 is 5.97 Å². The monoisotopic (exact) mass is 383 g/mol. The fourth-order valence-corrected chi connectivity index (χ4v) is 2.63. The first-order valence-corrected chi connectivity index (χ1v) is 8.42. The maximum absolute atomic E-state index is 13.7. The number of aromatic nitrogens is 3. The largest absolute Gasteiger partial charge is 0.494 e. The molecule has 0 saturated heterocycles. The van der Waals surface area contributed by atoms with Gasteiger partial charge in [-0.15, -0.1) is 0 Å². The smallest absolute Gasteiger partial charge is 0.340 e. The number of hydrogen-bond acceptors (Lipinski definition) is 6. The number of ketones is 1. The normalized spacial score (nSPS) is 10.6. The molecule has 2 aromatic heterocycles. The molecule has 1 aromatic carbocycles. The Bertz CT molecular complexity index is 1030. The molecule has 2 heterocycles. The molecule has 8 heteroatoms. The van der Waals surface area contributed by atoms with Crippen molar-refractivity contribution in [2.45, 2.75) is 13.8 Å². The van der Waals surface area contributed by atoms with E-state index in [2.05, 4.69) is 10.1 Å². The molecule has 28 heavy (non-hydrogen) atoms. The minimum absolute atomic E-state index is 0.0299. The van der Waals surface area contributed by atoms with E-state index in [9.17, 15) is 14.0 Å². The molecule has 0 spiro atoms. The van der Waals surface area contributed by atoms with Crippen LogP contribution in [0.1, 0.15) is 32.1 Å². The first-order valence-electron chi connectivity index (χ1n) is 8.42. The lowest BCUT2D eigenvalue weighted by Crippen LogP contribution is -2.15. The Labute approximate surface area is 160 Å². The summed E-state index contributed by atoms with van der Waals surface area (Å²) in [7, 11) is 1.33. The Morgan fingerprint density at radius 2 is 1.86 bits per heavy atom. The van der Waals surface area contributed by atoms with E-state index < -0.39 is 24.2 Å². The number of carbonyl (C=O) groups is 2. The van der Waals surface area contributed by atoms with Crippen LogP contribution >= 0.6 is 0 Å². The van der Waals surface area contributed by atoms with Crippen LogP contribution in [0.15, 0.2) is 42.6 Å². The van der Waals surface area contributed by atoms with Gasteiger partial charge in [0.05, 0.1) is 18.4 Å². The second kappa shape index (κ2) is 7.99. The van der Waals surface area contributed by atoms with Gasteiger partial charge in [-0.3, -0.25) is 4.79 Å². The van der Waals surface area contributed by atoms with Crippen LogP contribution in [0, 0.1) is 19.7 Å². The molecule has 0 amide bonds. The average Bonchev–Trinajstić information content (AvgIpc) is 3.03. The number of benzene rings is 1. The number of halogens is 1. The SMILES string of the molecule is COc1ccc(C(=O)COC(=O)c2ccc(-n3nc(C)cc3C)nc2)cc1F. The molecule has 0 fully saturated rings. The number of hydrogen-bond donors (Lipinski definition) is 0. The molecule has 3 rings (SSSR count). The highest BCUT2D eigenvalue weighted by Crippen LogP contribution is 2.18. The van der Waals surface area contributed by atoms with Crippen molar-refractivity contribution in [1.29, 1.82) is 0 Å². The lowest BCUT2D eigenvalue weighted by Gasteiger charge is -2.07. The Hall–Kier alpha value is -3.55. The summed E-state index contributed by atoms with van der Waals surface area (Å²) in [5, 5.41) is 4.32. The van der Waals surface area contributed by atoms with E-state index in [4.69, 9.17) is 9.47 Å². The second-order valence-corrected chi connectivity index (χ2v) is 6.09. The van der Waals surface area contributed by atoms with E-state index in [1.165, 1.54) is 25.4 Å². The number of esters is 1. The number of pyridine rings is 1. The third-order valence-corrected chi connectivity index (χ3v) is 4.02. The van der Waals surface area contributed by atoms with Gasteiger partial charge in [-0.05, 0) is 50.2 Å². The molecule has 0 bridgehead atoms. The van der Waals surface area contributed by atoms with Gasteiger partial charge in [0.1, 0.15) is 0 Å². The van der Waals surface area contributed by atoms with Crippen molar-refractivity contribution in [3.63, 3.8) is 0 Å². The van der Waals surface area contributed by atoms with Crippen molar-refractivity contribution in [2.24, 2.45) is 0 Å². The number of aryl methyl sites for hydroxylation is 2. The maximum Gasteiger partial charge on any atom is 0.340 e. The van der Waals surface area contributed by atoms with Crippen LogP contribution in [0.5, 0.6) is 5.75 Å². The molecule has 0 aliphatic heterocycles. The first kappa shape index (κ1) is 19.2. The fraction of sp³-hybridized carbons (Fsp3) is 0.200. The minimum Gasteiger partial charge on any atom is -0.494 e. The highest BCUT2D eigenvalue weighted by Gasteiger charge is 2.15. The van der Waals surface area contributed by atoms with Gasteiger partial charge in [-0.2, -0.15) is 5.10 Å². The number of methoxy groups -OCH3 is 1. The number of carbonyl (C=O) groups excluding carboxylic acids is 2. The fourth-order valence-electron chi connectivity index (χ4n) is 2.63.